The van der Waals surface area contributed by atoms with Gasteiger partial charge in [0.1, 0.15) is 6.07 Å². The highest BCUT2D eigenvalue weighted by molar-refractivity contribution is 9.10. The quantitative estimate of drug-likeness (QED) is 0.762. The fourth-order valence-corrected chi connectivity index (χ4v) is 1.11. The molecule has 0 unspecified atom stereocenters. The molecule has 0 amide bonds. The molecule has 0 heterocycles. The fraction of sp³-hybridized carbons (Fsp3) is 0.200. The van der Waals surface area contributed by atoms with Crippen LogP contribution < -0.4 is 0 Å². The number of benzene rings is 1. The van der Waals surface area contributed by atoms with Gasteiger partial charge >= 0.3 is 5.97 Å². The van der Waals surface area contributed by atoms with Gasteiger partial charge in [0.15, 0.2) is 6.10 Å². The molecule has 0 spiro atoms. The van der Waals surface area contributed by atoms with Crippen LogP contribution in [0.3, 0.4) is 0 Å². The summed E-state index contributed by atoms with van der Waals surface area (Å²) in [6.45, 7) is 1.52. The predicted molar refractivity (Wildman–Crippen MR) is 54.6 cm³/mol. The summed E-state index contributed by atoms with van der Waals surface area (Å²) in [6.07, 6.45) is -0.717. The van der Waals surface area contributed by atoms with Crippen LogP contribution >= 0.6 is 15.9 Å². The highest BCUT2D eigenvalue weighted by Crippen LogP contribution is 2.11. The number of halogens is 1. The van der Waals surface area contributed by atoms with Crippen LogP contribution in [0.25, 0.3) is 0 Å². The van der Waals surface area contributed by atoms with Crippen molar-refractivity contribution in [2.24, 2.45) is 0 Å². The summed E-state index contributed by atoms with van der Waals surface area (Å²) in [5, 5.41) is 8.44. The lowest BCUT2D eigenvalue weighted by molar-refractivity contribution is 0.0435. The maximum absolute atomic E-state index is 11.3. The summed E-state index contributed by atoms with van der Waals surface area (Å²) >= 11 is 3.25. The van der Waals surface area contributed by atoms with Gasteiger partial charge in [0.2, 0.25) is 0 Å². The zero-order valence-corrected chi connectivity index (χ0v) is 9.11. The van der Waals surface area contributed by atoms with Crippen LogP contribution in [0.5, 0.6) is 0 Å². The minimum Gasteiger partial charge on any atom is -0.444 e. The minimum atomic E-state index is -0.717. The number of ether oxygens (including phenoxy) is 1. The van der Waals surface area contributed by atoms with Gasteiger partial charge in [-0.05, 0) is 31.2 Å². The van der Waals surface area contributed by atoms with Crippen LogP contribution in [0.1, 0.15) is 17.3 Å². The maximum Gasteiger partial charge on any atom is 0.339 e. The molecule has 14 heavy (non-hydrogen) atoms. The lowest BCUT2D eigenvalue weighted by atomic mass is 10.2. The van der Waals surface area contributed by atoms with E-state index in [9.17, 15) is 4.79 Å². The first kappa shape index (κ1) is 10.7. The predicted octanol–water partition coefficient (Wildman–Crippen LogP) is 2.52. The van der Waals surface area contributed by atoms with Gasteiger partial charge < -0.3 is 4.74 Å². The topological polar surface area (TPSA) is 50.1 Å². The molecule has 1 atom stereocenters. The summed E-state index contributed by atoms with van der Waals surface area (Å²) in [6, 6.07) is 8.58. The van der Waals surface area contributed by atoms with Crippen LogP contribution in [0, 0.1) is 11.3 Å². The Morgan fingerprint density at radius 1 is 1.50 bits per heavy atom. The standard InChI is InChI=1S/C10H8BrNO2/c1-7(6-12)14-10(13)8-2-4-9(11)5-3-8/h2-5,7H,1H3/t7-/m0/s1. The summed E-state index contributed by atoms with van der Waals surface area (Å²) in [7, 11) is 0. The summed E-state index contributed by atoms with van der Waals surface area (Å²) in [5.41, 5.74) is 0.440. The van der Waals surface area contributed by atoms with Crippen LogP contribution in [0.4, 0.5) is 0 Å². The molecule has 0 fully saturated rings. The second kappa shape index (κ2) is 4.77. The lowest BCUT2D eigenvalue weighted by Gasteiger charge is -2.05. The second-order valence-corrected chi connectivity index (χ2v) is 3.60. The maximum atomic E-state index is 11.3. The molecule has 1 rings (SSSR count). The molecule has 0 bridgehead atoms. The van der Waals surface area contributed by atoms with E-state index >= 15 is 0 Å². The monoisotopic (exact) mass is 253 g/mol. The molecule has 0 aromatic heterocycles. The molecule has 3 nitrogen and oxygen atoms in total. The van der Waals surface area contributed by atoms with Crippen molar-refractivity contribution in [1.82, 2.24) is 0 Å². The van der Waals surface area contributed by atoms with Crippen molar-refractivity contribution in [1.29, 1.82) is 5.26 Å². The van der Waals surface area contributed by atoms with Gasteiger partial charge in [0.25, 0.3) is 0 Å². The molecule has 0 N–H and O–H groups in total. The van der Waals surface area contributed by atoms with Gasteiger partial charge in [-0.25, -0.2) is 4.79 Å². The number of rotatable bonds is 2. The van der Waals surface area contributed by atoms with Crippen LogP contribution in [-0.4, -0.2) is 12.1 Å². The Labute approximate surface area is 90.4 Å². The first-order valence-corrected chi connectivity index (χ1v) is 4.79. The highest BCUT2D eigenvalue weighted by Gasteiger charge is 2.10. The number of hydrogen-bond donors (Lipinski definition) is 0. The number of esters is 1. The third-order valence-electron chi connectivity index (χ3n) is 1.55. The molecule has 0 saturated carbocycles. The summed E-state index contributed by atoms with van der Waals surface area (Å²) in [4.78, 5) is 11.3. The van der Waals surface area contributed by atoms with E-state index in [1.54, 1.807) is 24.3 Å². The molecule has 72 valence electrons. The van der Waals surface area contributed by atoms with Gasteiger partial charge in [-0.3, -0.25) is 0 Å². The molecule has 1 aromatic carbocycles. The Morgan fingerprint density at radius 2 is 2.07 bits per heavy atom. The highest BCUT2D eigenvalue weighted by atomic mass is 79.9. The number of carbonyl (C=O) groups excluding carboxylic acids is 1. The Hall–Kier alpha value is -1.34. The molecule has 0 aliphatic heterocycles. The third-order valence-corrected chi connectivity index (χ3v) is 2.07. The van der Waals surface area contributed by atoms with E-state index in [4.69, 9.17) is 10.00 Å². The van der Waals surface area contributed by atoms with E-state index < -0.39 is 12.1 Å². The first-order chi connectivity index (χ1) is 6.63. The molecule has 0 radical (unpaired) electrons. The van der Waals surface area contributed by atoms with Gasteiger partial charge in [-0.2, -0.15) is 5.26 Å². The minimum absolute atomic E-state index is 0.440. The number of nitrogens with zero attached hydrogens (tertiary/aromatic N) is 1. The van der Waals surface area contributed by atoms with Crippen molar-refractivity contribution >= 4 is 21.9 Å². The van der Waals surface area contributed by atoms with Crippen molar-refractivity contribution < 1.29 is 9.53 Å². The SMILES string of the molecule is C[C@@H](C#N)OC(=O)c1ccc(Br)cc1. The largest absolute Gasteiger partial charge is 0.444 e. The van der Waals surface area contributed by atoms with Crippen LogP contribution in [-0.2, 0) is 4.74 Å². The van der Waals surface area contributed by atoms with Crippen LogP contribution in [0.15, 0.2) is 28.7 Å². The Balaban J connectivity index is 2.71. The first-order valence-electron chi connectivity index (χ1n) is 3.99. The number of hydrogen-bond acceptors (Lipinski definition) is 3. The van der Waals surface area contributed by atoms with Crippen molar-refractivity contribution in [2.45, 2.75) is 13.0 Å². The average Bonchev–Trinajstić information content (AvgIpc) is 2.18. The van der Waals surface area contributed by atoms with Gasteiger partial charge in [-0.15, -0.1) is 0 Å². The zero-order chi connectivity index (χ0) is 10.6. The molecular formula is C10H8BrNO2. The number of nitriles is 1. The second-order valence-electron chi connectivity index (χ2n) is 2.68. The van der Waals surface area contributed by atoms with Gasteiger partial charge in [-0.1, -0.05) is 15.9 Å². The van der Waals surface area contributed by atoms with E-state index in [2.05, 4.69) is 15.9 Å². The Kier molecular flexibility index (Phi) is 3.66. The Bertz CT molecular complexity index is 367. The lowest BCUT2D eigenvalue weighted by Crippen LogP contribution is -2.12. The average molecular weight is 254 g/mol. The molecule has 0 saturated heterocycles. The van der Waals surface area contributed by atoms with Crippen molar-refractivity contribution in [3.63, 3.8) is 0 Å². The number of carbonyl (C=O) groups is 1. The molecule has 0 aliphatic carbocycles. The zero-order valence-electron chi connectivity index (χ0n) is 7.53. The van der Waals surface area contributed by atoms with E-state index in [0.29, 0.717) is 5.56 Å². The van der Waals surface area contributed by atoms with Crippen LogP contribution in [0.2, 0.25) is 0 Å². The van der Waals surface area contributed by atoms with E-state index in [1.165, 1.54) is 6.92 Å². The molecule has 4 heteroatoms. The molecule has 0 aliphatic rings. The van der Waals surface area contributed by atoms with Crippen molar-refractivity contribution in [3.8, 4) is 6.07 Å². The smallest absolute Gasteiger partial charge is 0.339 e. The normalized spacial score (nSPS) is 11.5. The van der Waals surface area contributed by atoms with Gasteiger partial charge in [0.05, 0.1) is 5.56 Å². The molecular weight excluding hydrogens is 246 g/mol. The van der Waals surface area contributed by atoms with E-state index in [0.717, 1.165) is 4.47 Å². The van der Waals surface area contributed by atoms with E-state index in [1.807, 2.05) is 6.07 Å². The summed E-state index contributed by atoms with van der Waals surface area (Å²) < 4.78 is 5.70. The van der Waals surface area contributed by atoms with E-state index in [-0.39, 0.29) is 0 Å². The fourth-order valence-electron chi connectivity index (χ4n) is 0.841. The summed E-state index contributed by atoms with van der Waals surface area (Å²) in [5.74, 6) is -0.480. The third kappa shape index (κ3) is 2.86. The Morgan fingerprint density at radius 3 is 2.57 bits per heavy atom. The van der Waals surface area contributed by atoms with Gasteiger partial charge in [0, 0.05) is 4.47 Å². The molecule has 1 aromatic rings. The van der Waals surface area contributed by atoms with Crippen molar-refractivity contribution in [2.75, 3.05) is 0 Å². The van der Waals surface area contributed by atoms with Crippen molar-refractivity contribution in [3.05, 3.63) is 34.3 Å².